The van der Waals surface area contributed by atoms with Crippen LogP contribution in [0.15, 0.2) is 41.6 Å². The van der Waals surface area contributed by atoms with E-state index in [-0.39, 0.29) is 47.5 Å². The average molecular weight is 1130 g/mol. The monoisotopic (exact) mass is 1120 g/mol. The van der Waals surface area contributed by atoms with Gasteiger partial charge in [-0.25, -0.2) is 28.6 Å². The number of imidazole rings is 1. The lowest BCUT2D eigenvalue weighted by Crippen LogP contribution is -2.46. The van der Waals surface area contributed by atoms with Gasteiger partial charge in [0.25, 0.3) is 0 Å². The number of phosphoric acid groups is 3. The maximum absolute atomic E-state index is 13.1. The third-order valence-corrected chi connectivity index (χ3v) is 17.8. The Balaban J connectivity index is 0.877. The fraction of sp³-hybridized carbons (Fsp3) is 0.561. The van der Waals surface area contributed by atoms with Crippen molar-refractivity contribution in [2.45, 2.75) is 84.0 Å². The normalized spacial score (nSPS) is 22.0. The second-order valence-electron chi connectivity index (χ2n) is 17.6. The molecule has 2 aliphatic rings. The van der Waals surface area contributed by atoms with Crippen LogP contribution < -0.4 is 16.4 Å². The number of thiophene rings is 2. The van der Waals surface area contributed by atoms with E-state index in [4.69, 9.17) is 19.5 Å². The molecular formula is C41H59N8O17P3S3. The number of hydrogen-bond acceptors (Lipinski definition) is 21. The van der Waals surface area contributed by atoms with E-state index < -0.39 is 84.6 Å². The van der Waals surface area contributed by atoms with Gasteiger partial charge in [0.2, 0.25) is 11.8 Å². The number of carbonyl (C=O) groups excluding carboxylic acids is 3. The summed E-state index contributed by atoms with van der Waals surface area (Å²) in [6, 6.07) is 4.28. The largest absolute Gasteiger partial charge is 0.481 e. The minimum Gasteiger partial charge on any atom is -0.386 e. The molecule has 0 aliphatic carbocycles. The van der Waals surface area contributed by atoms with Gasteiger partial charge in [-0.2, -0.15) is 4.31 Å². The molecule has 10 N–H and O–H groups in total. The first kappa shape index (κ1) is 57.9. The van der Waals surface area contributed by atoms with Gasteiger partial charge >= 0.3 is 23.5 Å². The number of likely N-dealkylation sites (tertiary alicyclic amines) is 1. The van der Waals surface area contributed by atoms with Gasteiger partial charge in [-0.1, -0.05) is 31.7 Å². The Labute approximate surface area is 426 Å². The number of aryl methyl sites for hydroxylation is 2. The van der Waals surface area contributed by atoms with Crippen LogP contribution in [0, 0.1) is 25.2 Å². The Kier molecular flexibility index (Phi) is 20.1. The second-order valence-corrected chi connectivity index (χ2v) is 24.8. The van der Waals surface area contributed by atoms with Crippen LogP contribution >= 0.6 is 57.9 Å². The number of anilines is 1. The van der Waals surface area contributed by atoms with Crippen molar-refractivity contribution >= 4 is 97.4 Å². The number of rotatable bonds is 25. The van der Waals surface area contributed by atoms with Crippen LogP contribution in [0.3, 0.4) is 0 Å². The van der Waals surface area contributed by atoms with Crippen LogP contribution in [0.2, 0.25) is 0 Å². The number of aliphatic hydroxyl groups is 2. The number of nitrogens with two attached hydrogens (primary N) is 1. The maximum Gasteiger partial charge on any atom is 0.481 e. The summed E-state index contributed by atoms with van der Waals surface area (Å²) in [7, 11) is -16.4. The second kappa shape index (κ2) is 25.0. The van der Waals surface area contributed by atoms with Gasteiger partial charge < -0.3 is 55.8 Å². The van der Waals surface area contributed by atoms with Crippen molar-refractivity contribution in [1.29, 1.82) is 0 Å². The van der Waals surface area contributed by atoms with Crippen molar-refractivity contribution in [3.05, 3.63) is 62.5 Å². The average Bonchev–Trinajstić information content (AvgIpc) is 4.12. The lowest BCUT2D eigenvalue weighted by Gasteiger charge is -2.31. The van der Waals surface area contributed by atoms with E-state index in [1.807, 2.05) is 0 Å². The minimum atomic E-state index is -5.59. The number of phosphoric ester groups is 3. The number of ether oxygens (including phenoxy) is 1. The summed E-state index contributed by atoms with van der Waals surface area (Å²) in [6.45, 7) is 7.22. The molecule has 0 spiro atoms. The molecule has 0 aromatic carbocycles. The highest BCUT2D eigenvalue weighted by Crippen LogP contribution is 2.61. The molecule has 0 bridgehead atoms. The van der Waals surface area contributed by atoms with Crippen LogP contribution in [-0.4, -0.2) is 147 Å². The van der Waals surface area contributed by atoms with Gasteiger partial charge in [0.05, 0.1) is 19.5 Å². The molecule has 7 unspecified atom stereocenters. The molecule has 2 fully saturated rings. The highest BCUT2D eigenvalue weighted by atomic mass is 32.2. The smallest absolute Gasteiger partial charge is 0.386 e. The first-order valence-corrected chi connectivity index (χ1v) is 29.7. The van der Waals surface area contributed by atoms with Gasteiger partial charge in [-0.3, -0.25) is 32.5 Å². The van der Waals surface area contributed by atoms with Crippen LogP contribution in [0.1, 0.15) is 66.6 Å². The number of nitrogens with zero attached hydrogens (tertiary/aromatic N) is 5. The van der Waals surface area contributed by atoms with Crippen LogP contribution in [0.5, 0.6) is 0 Å². The molecule has 25 nitrogen and oxygen atoms in total. The Morgan fingerprint density at radius 1 is 1.01 bits per heavy atom. The molecule has 72 heavy (non-hydrogen) atoms. The Bertz CT molecular complexity index is 2670. The number of amides is 2. The molecule has 0 radical (unpaired) electrons. The van der Waals surface area contributed by atoms with E-state index in [1.54, 1.807) is 22.7 Å². The van der Waals surface area contributed by atoms with Crippen LogP contribution in [0.25, 0.3) is 16.7 Å². The molecule has 2 saturated heterocycles. The number of aromatic nitrogens is 4. The summed E-state index contributed by atoms with van der Waals surface area (Å²) in [4.78, 5) is 94.7. The van der Waals surface area contributed by atoms with Crippen molar-refractivity contribution in [2.75, 3.05) is 57.4 Å². The van der Waals surface area contributed by atoms with Crippen LogP contribution in [-0.2, 0) is 50.7 Å². The number of fused-ring (bicyclic) bond motifs is 1. The Hall–Kier alpha value is -3.34. The predicted molar refractivity (Wildman–Crippen MR) is 266 cm³/mol. The van der Waals surface area contributed by atoms with E-state index in [1.165, 1.54) is 52.1 Å². The van der Waals surface area contributed by atoms with Crippen molar-refractivity contribution in [1.82, 2.24) is 35.1 Å². The number of piperidine rings is 1. The molecule has 0 saturated carbocycles. The number of aliphatic hydroxyl groups excluding tert-OH is 2. The van der Waals surface area contributed by atoms with Gasteiger partial charge in [0.1, 0.15) is 36.3 Å². The highest BCUT2D eigenvalue weighted by molar-refractivity contribution is 8.13. The topological polar surface area (TPSA) is 367 Å². The molecule has 2 amide bonds. The summed E-state index contributed by atoms with van der Waals surface area (Å²) < 4.78 is 62.7. The van der Waals surface area contributed by atoms with Gasteiger partial charge in [0, 0.05) is 65.0 Å². The SMILES string of the molecule is Cc1ccsc1C(=CCCN1CCC[C@@H](C(=O)SCCNC(=O)CCNC(=O)C(O)C(C)(C)COP(=O)(O)OP(=O)(O)OCC2OC(n3cnc4c(N)ncnc43)C(O)C2OP(=O)(O)O)C1)c1sccc1C. The molecule has 4 aromatic rings. The van der Waals surface area contributed by atoms with E-state index in [2.05, 4.69) is 82.1 Å². The van der Waals surface area contributed by atoms with Crippen molar-refractivity contribution in [2.24, 2.45) is 11.3 Å². The van der Waals surface area contributed by atoms with E-state index >= 15 is 0 Å². The standard InChI is InChI=1S/C41H59N8O17P3S3/c1-24-10-16-70-33(24)27(34-25(2)11-17-71-34)8-6-15-48-14-5-7-26(19-48)40(54)72-18-13-43-29(50)9-12-44-38(53)35(52)41(3,4)21-63-69(60,61)66-68(58,59)62-20-28-32(65-67(55,56)57)31(51)39(64-28)49-23-47-30-36(42)45-22-46-37(30)49/h8,10-11,16-17,22-23,26,28,31-32,35,39,51-52H,5-7,9,12-15,18-21H2,1-4H3,(H,43,50)(H,44,53)(H,58,59)(H,60,61)(H2,42,45,46)(H2,55,56,57)/t26-,28?,31?,32?,35?,39?/m1/s1. The number of carbonyl (C=O) groups is 3. The molecule has 8 atom stereocenters. The molecule has 31 heteroatoms. The first-order valence-electron chi connectivity index (χ1n) is 22.4. The number of thioether (sulfide) groups is 1. The zero-order valence-corrected chi connectivity index (χ0v) is 44.7. The van der Waals surface area contributed by atoms with Gasteiger partial charge in [-0.05, 0) is 73.7 Å². The molecule has 6 heterocycles. The predicted octanol–water partition coefficient (Wildman–Crippen LogP) is 3.64. The number of nitrogens with one attached hydrogen (secondary N) is 2. The molecular weight excluding hydrogens is 1070 g/mol. The minimum absolute atomic E-state index is 0.0305. The van der Waals surface area contributed by atoms with Gasteiger partial charge in [-0.15, -0.1) is 22.7 Å². The first-order chi connectivity index (χ1) is 33.8. The molecule has 4 aromatic heterocycles. The quantitative estimate of drug-likeness (QED) is 0.0338. The third-order valence-electron chi connectivity index (χ3n) is 11.6. The molecule has 6 rings (SSSR count). The fourth-order valence-corrected chi connectivity index (χ4v) is 13.5. The highest BCUT2D eigenvalue weighted by Gasteiger charge is 2.50. The fourth-order valence-electron chi connectivity index (χ4n) is 7.83. The zero-order chi connectivity index (χ0) is 52.6. The van der Waals surface area contributed by atoms with Gasteiger partial charge in [0.15, 0.2) is 22.8 Å². The number of nitrogen functional groups attached to an aromatic ring is 1. The summed E-state index contributed by atoms with van der Waals surface area (Å²) in [5.41, 5.74) is 8.05. The van der Waals surface area contributed by atoms with E-state index in [9.17, 15) is 57.9 Å². The lowest BCUT2D eigenvalue weighted by molar-refractivity contribution is -0.137. The summed E-state index contributed by atoms with van der Waals surface area (Å²) in [5, 5.41) is 31.1. The van der Waals surface area contributed by atoms with Crippen molar-refractivity contribution in [3.8, 4) is 0 Å². The molecule has 2 aliphatic heterocycles. The van der Waals surface area contributed by atoms with E-state index in [0.29, 0.717) is 12.3 Å². The summed E-state index contributed by atoms with van der Waals surface area (Å²) in [5.74, 6) is -1.19. The number of hydrogen-bond donors (Lipinski definition) is 9. The summed E-state index contributed by atoms with van der Waals surface area (Å²) in [6.07, 6.45) is -2.05. The third kappa shape index (κ3) is 15.8. The Morgan fingerprint density at radius 3 is 2.35 bits per heavy atom. The lowest BCUT2D eigenvalue weighted by atomic mass is 9.87. The van der Waals surface area contributed by atoms with Crippen molar-refractivity contribution in [3.63, 3.8) is 0 Å². The Morgan fingerprint density at radius 2 is 1.69 bits per heavy atom. The molecule has 398 valence electrons. The maximum atomic E-state index is 13.1. The van der Waals surface area contributed by atoms with Crippen molar-refractivity contribution < 1.29 is 80.5 Å². The summed E-state index contributed by atoms with van der Waals surface area (Å²) >= 11 is 4.66. The van der Waals surface area contributed by atoms with E-state index in [0.717, 1.165) is 49.6 Å². The zero-order valence-electron chi connectivity index (χ0n) is 39.5. The van der Waals surface area contributed by atoms with Crippen LogP contribution in [0.4, 0.5) is 5.82 Å².